The lowest BCUT2D eigenvalue weighted by Gasteiger charge is -2.43. The summed E-state index contributed by atoms with van der Waals surface area (Å²) in [6.07, 6.45) is 3.60. The smallest absolute Gasteiger partial charge is 0.274 e. The van der Waals surface area contributed by atoms with E-state index < -0.39 is 0 Å². The van der Waals surface area contributed by atoms with Crippen LogP contribution in [0.1, 0.15) is 35.9 Å². The molecule has 35 heavy (non-hydrogen) atoms. The molecule has 0 N–H and O–H groups in total. The van der Waals surface area contributed by atoms with Crippen LogP contribution < -0.4 is 4.90 Å². The molecule has 0 radical (unpaired) electrons. The number of imidazole rings is 1. The predicted octanol–water partition coefficient (Wildman–Crippen LogP) is 5.89. The SMILES string of the molecule is CCN(CC)C(=O)c1cn(CCN2CCN(c3ccc(Cl)cc3Cl)C(c3ccc(Cl)cc3)C2)cn1. The molecule has 1 unspecified atom stereocenters. The zero-order valence-electron chi connectivity index (χ0n) is 20.0. The van der Waals surface area contributed by atoms with Crippen molar-refractivity contribution in [3.05, 3.63) is 81.3 Å². The summed E-state index contributed by atoms with van der Waals surface area (Å²) in [6.45, 7) is 9.47. The Bertz CT molecular complexity index is 1150. The van der Waals surface area contributed by atoms with Crippen LogP contribution in [0, 0.1) is 0 Å². The van der Waals surface area contributed by atoms with Crippen molar-refractivity contribution in [3.8, 4) is 0 Å². The van der Waals surface area contributed by atoms with Crippen molar-refractivity contribution in [2.75, 3.05) is 44.2 Å². The van der Waals surface area contributed by atoms with Gasteiger partial charge < -0.3 is 14.4 Å². The summed E-state index contributed by atoms with van der Waals surface area (Å²) in [5.41, 5.74) is 2.65. The number of aromatic nitrogens is 2. The lowest BCUT2D eigenvalue weighted by molar-refractivity contribution is 0.0767. The first-order valence-electron chi connectivity index (χ1n) is 11.9. The lowest BCUT2D eigenvalue weighted by atomic mass is 10.0. The van der Waals surface area contributed by atoms with Crippen LogP contribution in [0.5, 0.6) is 0 Å². The zero-order valence-corrected chi connectivity index (χ0v) is 22.3. The molecular formula is C26H30Cl3N5O. The molecule has 2 aromatic carbocycles. The van der Waals surface area contributed by atoms with Crippen molar-refractivity contribution in [3.63, 3.8) is 0 Å². The Labute approximate surface area is 222 Å². The molecule has 1 aromatic heterocycles. The van der Waals surface area contributed by atoms with Crippen molar-refractivity contribution in [2.24, 2.45) is 0 Å². The van der Waals surface area contributed by atoms with E-state index >= 15 is 0 Å². The van der Waals surface area contributed by atoms with Crippen LogP contribution >= 0.6 is 34.8 Å². The number of amides is 1. The van der Waals surface area contributed by atoms with E-state index in [1.54, 1.807) is 17.3 Å². The van der Waals surface area contributed by atoms with Crippen LogP contribution in [-0.4, -0.2) is 64.5 Å². The minimum absolute atomic E-state index is 0.0231. The minimum atomic E-state index is -0.0231. The number of piperazine rings is 1. The van der Waals surface area contributed by atoms with Crippen LogP contribution in [0.25, 0.3) is 0 Å². The number of rotatable bonds is 8. The van der Waals surface area contributed by atoms with Crippen LogP contribution in [0.15, 0.2) is 55.0 Å². The quantitative estimate of drug-likeness (QED) is 0.362. The molecule has 1 fully saturated rings. The standard InChI is InChI=1S/C26H30Cl3N5O/c1-3-33(4-2)26(35)23-16-32(18-30-23)12-11-31-13-14-34(24-10-9-21(28)15-22(24)29)25(17-31)19-5-7-20(27)8-6-19/h5-10,15-16,18,25H,3-4,11-14,17H2,1-2H3. The first-order chi connectivity index (χ1) is 16.9. The van der Waals surface area contributed by atoms with E-state index in [1.165, 1.54) is 5.56 Å². The number of carbonyl (C=O) groups is 1. The molecule has 186 valence electrons. The Hall–Kier alpha value is -2.25. The largest absolute Gasteiger partial charge is 0.361 e. The van der Waals surface area contributed by atoms with Gasteiger partial charge in [-0.15, -0.1) is 0 Å². The predicted molar refractivity (Wildman–Crippen MR) is 144 cm³/mol. The van der Waals surface area contributed by atoms with Gasteiger partial charge in [0.25, 0.3) is 5.91 Å². The van der Waals surface area contributed by atoms with Crippen molar-refractivity contribution < 1.29 is 4.79 Å². The third-order valence-corrected chi connectivity index (χ3v) is 7.31. The van der Waals surface area contributed by atoms with Crippen LogP contribution in [0.4, 0.5) is 5.69 Å². The molecule has 1 saturated heterocycles. The molecular weight excluding hydrogens is 505 g/mol. The van der Waals surface area contributed by atoms with Crippen LogP contribution in [0.2, 0.25) is 15.1 Å². The molecule has 6 nitrogen and oxygen atoms in total. The number of nitrogens with zero attached hydrogens (tertiary/aromatic N) is 5. The van der Waals surface area contributed by atoms with Crippen LogP contribution in [0.3, 0.4) is 0 Å². The Morgan fingerprint density at radius 2 is 1.71 bits per heavy atom. The summed E-state index contributed by atoms with van der Waals surface area (Å²) in [5.74, 6) is -0.0231. The van der Waals surface area contributed by atoms with Gasteiger partial charge in [-0.05, 0) is 49.7 Å². The highest BCUT2D eigenvalue weighted by Gasteiger charge is 2.29. The second-order valence-corrected chi connectivity index (χ2v) is 9.91. The molecule has 1 amide bonds. The van der Waals surface area contributed by atoms with Gasteiger partial charge in [-0.1, -0.05) is 46.9 Å². The number of hydrogen-bond acceptors (Lipinski definition) is 4. The molecule has 0 bridgehead atoms. The van der Waals surface area contributed by atoms with Gasteiger partial charge in [0.2, 0.25) is 0 Å². The summed E-state index contributed by atoms with van der Waals surface area (Å²) in [4.78, 5) is 23.5. The van der Waals surface area contributed by atoms with E-state index in [-0.39, 0.29) is 11.9 Å². The maximum Gasteiger partial charge on any atom is 0.274 e. The number of benzene rings is 2. The first-order valence-corrected chi connectivity index (χ1v) is 13.0. The Kier molecular flexibility index (Phi) is 8.60. The van der Waals surface area contributed by atoms with Gasteiger partial charge in [-0.25, -0.2) is 4.98 Å². The average molecular weight is 535 g/mol. The van der Waals surface area contributed by atoms with Gasteiger partial charge in [0.05, 0.1) is 23.1 Å². The highest BCUT2D eigenvalue weighted by molar-refractivity contribution is 6.36. The monoisotopic (exact) mass is 533 g/mol. The Balaban J connectivity index is 1.47. The fraction of sp³-hybridized carbons (Fsp3) is 0.385. The highest BCUT2D eigenvalue weighted by atomic mass is 35.5. The van der Waals surface area contributed by atoms with Crippen LogP contribution in [-0.2, 0) is 6.54 Å². The van der Waals surface area contributed by atoms with E-state index in [9.17, 15) is 4.79 Å². The van der Waals surface area contributed by atoms with Crippen molar-refractivity contribution in [1.29, 1.82) is 0 Å². The molecule has 9 heteroatoms. The summed E-state index contributed by atoms with van der Waals surface area (Å²) in [7, 11) is 0. The van der Waals surface area contributed by atoms with Gasteiger partial charge in [-0.3, -0.25) is 9.69 Å². The molecule has 4 rings (SSSR count). The van der Waals surface area contributed by atoms with E-state index in [2.05, 4.69) is 26.9 Å². The molecule has 1 aliphatic heterocycles. The average Bonchev–Trinajstić information content (AvgIpc) is 3.33. The normalized spacial score (nSPS) is 16.5. The summed E-state index contributed by atoms with van der Waals surface area (Å²) in [5, 5.41) is 1.99. The molecule has 1 aliphatic rings. The van der Waals surface area contributed by atoms with Gasteiger partial charge >= 0.3 is 0 Å². The summed E-state index contributed by atoms with van der Waals surface area (Å²) >= 11 is 18.9. The van der Waals surface area contributed by atoms with E-state index in [4.69, 9.17) is 34.8 Å². The second-order valence-electron chi connectivity index (χ2n) is 8.63. The topological polar surface area (TPSA) is 44.6 Å². The summed E-state index contributed by atoms with van der Waals surface area (Å²) in [6, 6.07) is 13.8. The molecule has 1 atom stereocenters. The zero-order chi connectivity index (χ0) is 24.9. The fourth-order valence-corrected chi connectivity index (χ4v) is 5.18. The summed E-state index contributed by atoms with van der Waals surface area (Å²) < 4.78 is 2.00. The van der Waals surface area contributed by atoms with E-state index in [1.807, 2.05) is 48.9 Å². The van der Waals surface area contributed by atoms with Crippen molar-refractivity contribution in [1.82, 2.24) is 19.4 Å². The van der Waals surface area contributed by atoms with Gasteiger partial charge in [0.1, 0.15) is 5.69 Å². The number of carbonyl (C=O) groups excluding carboxylic acids is 1. The minimum Gasteiger partial charge on any atom is -0.361 e. The van der Waals surface area contributed by atoms with E-state index in [0.717, 1.165) is 38.4 Å². The third-order valence-electron chi connectivity index (χ3n) is 6.52. The molecule has 0 saturated carbocycles. The highest BCUT2D eigenvalue weighted by Crippen LogP contribution is 2.36. The number of halogens is 3. The molecule has 2 heterocycles. The molecule has 3 aromatic rings. The molecule has 0 spiro atoms. The first kappa shape index (κ1) is 25.8. The lowest BCUT2D eigenvalue weighted by Crippen LogP contribution is -2.49. The molecule has 0 aliphatic carbocycles. The number of hydrogen-bond donors (Lipinski definition) is 0. The Morgan fingerprint density at radius 1 is 1.00 bits per heavy atom. The fourth-order valence-electron chi connectivity index (χ4n) is 4.54. The number of anilines is 1. The van der Waals surface area contributed by atoms with Gasteiger partial charge in [-0.2, -0.15) is 0 Å². The second kappa shape index (κ2) is 11.7. The van der Waals surface area contributed by atoms with Crippen molar-refractivity contribution >= 4 is 46.4 Å². The van der Waals surface area contributed by atoms with Gasteiger partial charge in [0.15, 0.2) is 0 Å². The van der Waals surface area contributed by atoms with Crippen molar-refractivity contribution in [2.45, 2.75) is 26.4 Å². The maximum absolute atomic E-state index is 12.6. The maximum atomic E-state index is 12.6. The Morgan fingerprint density at radius 3 is 2.40 bits per heavy atom. The van der Waals surface area contributed by atoms with Gasteiger partial charge in [0, 0.05) is 62.1 Å². The third kappa shape index (κ3) is 6.12. The van der Waals surface area contributed by atoms with E-state index in [0.29, 0.717) is 33.9 Å².